The van der Waals surface area contributed by atoms with Gasteiger partial charge < -0.3 is 13.0 Å². The molecule has 0 spiro atoms. The van der Waals surface area contributed by atoms with Crippen LogP contribution in [0.4, 0.5) is 0 Å². The smallest absolute Gasteiger partial charge is 0.193 e. The standard InChI is InChI=1S/C12H35N3Si3/c1-11-18(12-2,14(5)6)15(16(7)8)17(9,10)13(3)4/h16H,11-12H2,1-10H3. The molecule has 0 radical (unpaired) electrons. The van der Waals surface area contributed by atoms with Gasteiger partial charge in [-0.1, -0.05) is 26.9 Å². The fourth-order valence-corrected chi connectivity index (χ4v) is 24.2. The summed E-state index contributed by atoms with van der Waals surface area (Å²) in [6, 6.07) is 2.68. The van der Waals surface area contributed by atoms with Crippen molar-refractivity contribution in [2.75, 3.05) is 28.2 Å². The molecule has 0 amide bonds. The van der Waals surface area contributed by atoms with Gasteiger partial charge in [0, 0.05) is 0 Å². The average molecular weight is 306 g/mol. The molecule has 0 aromatic rings. The minimum atomic E-state index is -1.46. The van der Waals surface area contributed by atoms with E-state index in [2.05, 4.69) is 81.3 Å². The van der Waals surface area contributed by atoms with E-state index in [1.165, 1.54) is 12.1 Å². The zero-order valence-corrected chi connectivity index (χ0v) is 17.5. The Morgan fingerprint density at radius 3 is 1.39 bits per heavy atom. The molecule has 0 aromatic heterocycles. The third kappa shape index (κ3) is 3.34. The molecule has 0 atom stereocenters. The van der Waals surface area contributed by atoms with Crippen LogP contribution in [0, 0.1) is 0 Å². The number of hydrogen-bond acceptors (Lipinski definition) is 3. The summed E-state index contributed by atoms with van der Waals surface area (Å²) in [6.07, 6.45) is 0. The first-order valence-electron chi connectivity index (χ1n) is 7.22. The van der Waals surface area contributed by atoms with Crippen LogP contribution in [-0.2, 0) is 0 Å². The molecule has 0 fully saturated rings. The van der Waals surface area contributed by atoms with Crippen molar-refractivity contribution in [3.8, 4) is 0 Å². The predicted molar refractivity (Wildman–Crippen MR) is 92.3 cm³/mol. The van der Waals surface area contributed by atoms with Crippen molar-refractivity contribution in [3.63, 3.8) is 0 Å². The molecular formula is C12H35N3Si3. The van der Waals surface area contributed by atoms with Crippen molar-refractivity contribution in [1.82, 2.24) is 13.0 Å². The number of hydrogen-bond donors (Lipinski definition) is 0. The molecule has 0 aliphatic heterocycles. The molecule has 0 aromatic carbocycles. The lowest BCUT2D eigenvalue weighted by Crippen LogP contribution is -2.77. The fraction of sp³-hybridized carbons (Fsp3) is 1.00. The molecule has 6 heteroatoms. The van der Waals surface area contributed by atoms with E-state index in [-0.39, 0.29) is 0 Å². The van der Waals surface area contributed by atoms with E-state index in [0.717, 1.165) is 0 Å². The molecule has 0 saturated heterocycles. The summed E-state index contributed by atoms with van der Waals surface area (Å²) in [7, 11) is 5.43. The molecule has 18 heavy (non-hydrogen) atoms. The van der Waals surface area contributed by atoms with Crippen LogP contribution >= 0.6 is 0 Å². The number of nitrogens with zero attached hydrogens (tertiary/aromatic N) is 3. The lowest BCUT2D eigenvalue weighted by atomic mass is 10.9. The summed E-state index contributed by atoms with van der Waals surface area (Å²) in [6.45, 7) is 14.9. The monoisotopic (exact) mass is 305 g/mol. The molecule has 110 valence electrons. The molecule has 0 heterocycles. The van der Waals surface area contributed by atoms with Gasteiger partial charge in [0.15, 0.2) is 16.8 Å². The van der Waals surface area contributed by atoms with E-state index in [9.17, 15) is 0 Å². The Morgan fingerprint density at radius 1 is 0.833 bits per heavy atom. The molecule has 0 saturated carbocycles. The Morgan fingerprint density at radius 2 is 1.22 bits per heavy atom. The Bertz CT molecular complexity index is 251. The quantitative estimate of drug-likeness (QED) is 0.669. The second-order valence-corrected chi connectivity index (χ2v) is 19.7. The van der Waals surface area contributed by atoms with Crippen molar-refractivity contribution in [2.45, 2.75) is 52.1 Å². The van der Waals surface area contributed by atoms with Gasteiger partial charge in [-0.3, -0.25) is 0 Å². The number of rotatable bonds is 7. The largest absolute Gasteiger partial charge is 0.346 e. The second-order valence-electron chi connectivity index (χ2n) is 6.44. The Kier molecular flexibility index (Phi) is 7.01. The zero-order chi connectivity index (χ0) is 14.7. The normalized spacial score (nSPS) is 14.3. The molecule has 0 bridgehead atoms. The van der Waals surface area contributed by atoms with Crippen molar-refractivity contribution in [2.24, 2.45) is 0 Å². The van der Waals surface area contributed by atoms with Gasteiger partial charge in [-0.25, -0.2) is 0 Å². The van der Waals surface area contributed by atoms with Crippen molar-refractivity contribution >= 4 is 25.8 Å². The molecule has 0 N–H and O–H groups in total. The van der Waals surface area contributed by atoms with Crippen LogP contribution < -0.4 is 0 Å². The van der Waals surface area contributed by atoms with Crippen LogP contribution in [0.25, 0.3) is 0 Å². The maximum absolute atomic E-state index is 3.07. The molecular weight excluding hydrogens is 270 g/mol. The minimum Gasteiger partial charge on any atom is -0.346 e. The third-order valence-corrected chi connectivity index (χ3v) is 23.2. The van der Waals surface area contributed by atoms with E-state index < -0.39 is 25.8 Å². The summed E-state index contributed by atoms with van der Waals surface area (Å²) in [5.74, 6) is 0. The first-order valence-corrected chi connectivity index (χ1v) is 15.2. The topological polar surface area (TPSA) is 9.72 Å². The lowest BCUT2D eigenvalue weighted by Gasteiger charge is -2.56. The highest BCUT2D eigenvalue weighted by molar-refractivity contribution is 6.98. The van der Waals surface area contributed by atoms with E-state index in [4.69, 9.17) is 0 Å². The van der Waals surface area contributed by atoms with Crippen LogP contribution in [0.15, 0.2) is 0 Å². The highest BCUT2D eigenvalue weighted by Crippen LogP contribution is 2.30. The molecule has 0 aliphatic carbocycles. The van der Waals surface area contributed by atoms with Gasteiger partial charge in [-0.2, -0.15) is 0 Å². The van der Waals surface area contributed by atoms with Crippen molar-refractivity contribution < 1.29 is 0 Å². The zero-order valence-electron chi connectivity index (χ0n) is 14.3. The Hall–Kier alpha value is 0.531. The Labute approximate surface area is 119 Å². The lowest BCUT2D eigenvalue weighted by molar-refractivity contribution is 0.518. The van der Waals surface area contributed by atoms with Crippen molar-refractivity contribution in [1.29, 1.82) is 0 Å². The SMILES string of the molecule is CC[Si](CC)(N(C)C)N([SiH](C)C)[Si](C)(C)N(C)C. The maximum Gasteiger partial charge on any atom is 0.193 e. The summed E-state index contributed by atoms with van der Waals surface area (Å²) in [5.41, 5.74) is 0. The molecule has 0 aliphatic rings. The van der Waals surface area contributed by atoms with Gasteiger partial charge in [0.1, 0.15) is 0 Å². The fourth-order valence-electron chi connectivity index (χ4n) is 3.28. The molecule has 0 unspecified atom stereocenters. The molecule has 3 nitrogen and oxygen atoms in total. The maximum atomic E-state index is 3.07. The van der Waals surface area contributed by atoms with Gasteiger partial charge in [0.2, 0.25) is 0 Å². The molecule has 0 rings (SSSR count). The van der Waals surface area contributed by atoms with Crippen LogP contribution in [0.3, 0.4) is 0 Å². The van der Waals surface area contributed by atoms with Gasteiger partial charge >= 0.3 is 0 Å². The van der Waals surface area contributed by atoms with Gasteiger partial charge in [0.05, 0.1) is 8.96 Å². The highest BCUT2D eigenvalue weighted by Gasteiger charge is 2.49. The van der Waals surface area contributed by atoms with Crippen LogP contribution in [-0.4, -0.2) is 67.0 Å². The first-order chi connectivity index (χ1) is 8.07. The van der Waals surface area contributed by atoms with Gasteiger partial charge in [-0.05, 0) is 53.4 Å². The van der Waals surface area contributed by atoms with Crippen molar-refractivity contribution in [3.05, 3.63) is 0 Å². The first kappa shape index (κ1) is 18.5. The van der Waals surface area contributed by atoms with Crippen LogP contribution in [0.5, 0.6) is 0 Å². The summed E-state index contributed by atoms with van der Waals surface area (Å²) < 4.78 is 8.19. The highest BCUT2D eigenvalue weighted by atomic mass is 28.5. The minimum absolute atomic E-state index is 0.810. The average Bonchev–Trinajstić information content (AvgIpc) is 2.23. The summed E-state index contributed by atoms with van der Waals surface area (Å²) in [5, 5.41) is 0. The van der Waals surface area contributed by atoms with Crippen LogP contribution in [0.2, 0.25) is 38.3 Å². The third-order valence-electron chi connectivity index (χ3n) is 4.61. The summed E-state index contributed by atoms with van der Waals surface area (Å²) in [4.78, 5) is 0. The van der Waals surface area contributed by atoms with Crippen LogP contribution in [0.1, 0.15) is 13.8 Å². The second kappa shape index (κ2) is 6.81. The van der Waals surface area contributed by atoms with E-state index in [0.29, 0.717) is 0 Å². The Balaban J connectivity index is 5.72. The van der Waals surface area contributed by atoms with Gasteiger partial charge in [0.25, 0.3) is 0 Å². The summed E-state index contributed by atoms with van der Waals surface area (Å²) >= 11 is 0. The van der Waals surface area contributed by atoms with E-state index >= 15 is 0 Å². The van der Waals surface area contributed by atoms with E-state index in [1.54, 1.807) is 0 Å². The van der Waals surface area contributed by atoms with E-state index in [1.807, 2.05) is 0 Å². The van der Waals surface area contributed by atoms with Gasteiger partial charge in [-0.15, -0.1) is 0 Å². The predicted octanol–water partition coefficient (Wildman–Crippen LogP) is 2.58.